The lowest BCUT2D eigenvalue weighted by Crippen LogP contribution is -2.44. The first-order chi connectivity index (χ1) is 15.5. The van der Waals surface area contributed by atoms with E-state index in [0.29, 0.717) is 32.5 Å². The molecule has 1 fully saturated rings. The fourth-order valence-corrected chi connectivity index (χ4v) is 5.71. The van der Waals surface area contributed by atoms with Crippen molar-refractivity contribution in [2.75, 3.05) is 18.0 Å². The lowest BCUT2D eigenvalue weighted by Gasteiger charge is -2.34. The largest absolute Gasteiger partial charge is 0.308 e. The second kappa shape index (κ2) is 10.1. The summed E-state index contributed by atoms with van der Waals surface area (Å²) in [6.07, 6.45) is 1.07. The van der Waals surface area contributed by atoms with E-state index in [4.69, 9.17) is 0 Å². The zero-order valence-electron chi connectivity index (χ0n) is 18.0. The molecule has 32 heavy (non-hydrogen) atoms. The number of carbonyl (C=O) groups excluding carboxylic acids is 1. The lowest BCUT2D eigenvalue weighted by atomic mass is 9.96. The molecule has 166 valence electrons. The molecule has 4 rings (SSSR count). The van der Waals surface area contributed by atoms with Crippen molar-refractivity contribution >= 4 is 21.6 Å². The molecule has 0 radical (unpaired) electrons. The van der Waals surface area contributed by atoms with E-state index in [1.807, 2.05) is 95.9 Å². The van der Waals surface area contributed by atoms with E-state index in [-0.39, 0.29) is 17.6 Å². The van der Waals surface area contributed by atoms with Gasteiger partial charge in [-0.15, -0.1) is 0 Å². The first kappa shape index (κ1) is 22.2. The Morgan fingerprint density at radius 1 is 0.781 bits per heavy atom. The van der Waals surface area contributed by atoms with Crippen LogP contribution < -0.4 is 4.90 Å². The van der Waals surface area contributed by atoms with Gasteiger partial charge in [0.1, 0.15) is 0 Å². The fourth-order valence-electron chi connectivity index (χ4n) is 4.15. The Morgan fingerprint density at radius 3 is 1.84 bits per heavy atom. The molecule has 0 unspecified atom stereocenters. The predicted octanol–water partition coefficient (Wildman–Crippen LogP) is 4.46. The second-order valence-corrected chi connectivity index (χ2v) is 10.1. The van der Waals surface area contributed by atoms with Gasteiger partial charge < -0.3 is 4.90 Å². The maximum atomic E-state index is 13.5. The van der Waals surface area contributed by atoms with Crippen LogP contribution in [0, 0.1) is 5.92 Å². The van der Waals surface area contributed by atoms with Gasteiger partial charge in [0.15, 0.2) is 0 Å². The van der Waals surface area contributed by atoms with Gasteiger partial charge in [0, 0.05) is 24.7 Å². The molecule has 0 spiro atoms. The van der Waals surface area contributed by atoms with Crippen LogP contribution in [0.15, 0.2) is 91.0 Å². The van der Waals surface area contributed by atoms with Gasteiger partial charge in [-0.1, -0.05) is 78.9 Å². The van der Waals surface area contributed by atoms with E-state index in [2.05, 4.69) is 0 Å². The number of amides is 1. The van der Waals surface area contributed by atoms with E-state index in [0.717, 1.165) is 16.8 Å². The van der Waals surface area contributed by atoms with Gasteiger partial charge in [0.2, 0.25) is 15.9 Å². The maximum Gasteiger partial charge on any atom is 0.230 e. The summed E-state index contributed by atoms with van der Waals surface area (Å²) in [5.41, 5.74) is 2.71. The van der Waals surface area contributed by atoms with Crippen LogP contribution in [0.1, 0.15) is 24.0 Å². The van der Waals surface area contributed by atoms with Crippen molar-refractivity contribution in [1.82, 2.24) is 4.31 Å². The number of para-hydroxylation sites is 1. The van der Waals surface area contributed by atoms with Gasteiger partial charge in [-0.2, -0.15) is 0 Å². The third-order valence-corrected chi connectivity index (χ3v) is 7.76. The molecule has 0 bridgehead atoms. The molecule has 5 nitrogen and oxygen atoms in total. The van der Waals surface area contributed by atoms with Gasteiger partial charge >= 0.3 is 0 Å². The van der Waals surface area contributed by atoms with E-state index in [1.54, 1.807) is 0 Å². The van der Waals surface area contributed by atoms with Crippen LogP contribution in [0.3, 0.4) is 0 Å². The molecule has 1 aliphatic rings. The summed E-state index contributed by atoms with van der Waals surface area (Å²) in [5.74, 6) is -0.140. The van der Waals surface area contributed by atoms with Crippen LogP contribution in [0.4, 0.5) is 5.69 Å². The van der Waals surface area contributed by atoms with Gasteiger partial charge in [-0.25, -0.2) is 12.7 Å². The molecule has 1 saturated heterocycles. The number of nitrogens with zero attached hydrogens (tertiary/aromatic N) is 2. The molecule has 3 aromatic carbocycles. The number of carbonyl (C=O) groups is 1. The lowest BCUT2D eigenvalue weighted by molar-refractivity contribution is -0.123. The molecule has 1 heterocycles. The van der Waals surface area contributed by atoms with Gasteiger partial charge in [0.05, 0.1) is 12.3 Å². The minimum absolute atomic E-state index is 0.00337. The molecule has 0 atom stereocenters. The third-order valence-electron chi connectivity index (χ3n) is 5.91. The Morgan fingerprint density at radius 2 is 1.28 bits per heavy atom. The molecule has 0 aromatic heterocycles. The molecular formula is C26H28N2O3S. The highest BCUT2D eigenvalue weighted by molar-refractivity contribution is 7.88. The molecule has 0 saturated carbocycles. The molecule has 6 heteroatoms. The number of sulfonamides is 1. The van der Waals surface area contributed by atoms with Crippen molar-refractivity contribution < 1.29 is 13.2 Å². The van der Waals surface area contributed by atoms with Crippen LogP contribution in [-0.4, -0.2) is 31.7 Å². The number of rotatable bonds is 7. The van der Waals surface area contributed by atoms with Gasteiger partial charge in [-0.3, -0.25) is 4.79 Å². The summed E-state index contributed by atoms with van der Waals surface area (Å²) in [5, 5.41) is 0. The average molecular weight is 449 g/mol. The van der Waals surface area contributed by atoms with Crippen LogP contribution in [0.25, 0.3) is 0 Å². The minimum Gasteiger partial charge on any atom is -0.308 e. The number of benzene rings is 3. The van der Waals surface area contributed by atoms with Crippen LogP contribution in [0.2, 0.25) is 0 Å². The van der Waals surface area contributed by atoms with Crippen molar-refractivity contribution in [3.05, 3.63) is 102 Å². The van der Waals surface area contributed by atoms with Crippen LogP contribution in [0.5, 0.6) is 0 Å². The molecular weight excluding hydrogens is 420 g/mol. The Hall–Kier alpha value is -2.96. The number of hydrogen-bond donors (Lipinski definition) is 0. The zero-order chi connectivity index (χ0) is 22.4. The Balaban J connectivity index is 1.44. The molecule has 1 aliphatic heterocycles. The van der Waals surface area contributed by atoms with Crippen molar-refractivity contribution in [3.8, 4) is 0 Å². The third kappa shape index (κ3) is 5.44. The average Bonchev–Trinajstić information content (AvgIpc) is 2.84. The number of piperidine rings is 1. The quantitative estimate of drug-likeness (QED) is 0.536. The molecule has 0 aliphatic carbocycles. The normalized spacial score (nSPS) is 15.4. The SMILES string of the molecule is O=C(C1CCN(S(=O)(=O)Cc2ccccc2)CC1)N(Cc1ccccc1)c1ccccc1. The summed E-state index contributed by atoms with van der Waals surface area (Å²) >= 11 is 0. The van der Waals surface area contributed by atoms with Gasteiger partial charge in [0.25, 0.3) is 0 Å². The highest BCUT2D eigenvalue weighted by Crippen LogP contribution is 2.27. The summed E-state index contributed by atoms with van der Waals surface area (Å²) in [6.45, 7) is 1.25. The highest BCUT2D eigenvalue weighted by atomic mass is 32.2. The van der Waals surface area contributed by atoms with Crippen molar-refractivity contribution in [2.24, 2.45) is 5.92 Å². The summed E-state index contributed by atoms with van der Waals surface area (Å²) < 4.78 is 27.3. The van der Waals surface area contributed by atoms with Crippen molar-refractivity contribution in [1.29, 1.82) is 0 Å². The van der Waals surface area contributed by atoms with E-state index in [9.17, 15) is 13.2 Å². The molecule has 1 amide bonds. The molecule has 3 aromatic rings. The fraction of sp³-hybridized carbons (Fsp3) is 0.269. The summed E-state index contributed by atoms with van der Waals surface area (Å²) in [6, 6.07) is 28.8. The number of hydrogen-bond acceptors (Lipinski definition) is 3. The van der Waals surface area contributed by atoms with E-state index in [1.165, 1.54) is 4.31 Å². The topological polar surface area (TPSA) is 57.7 Å². The Labute approximate surface area is 190 Å². The maximum absolute atomic E-state index is 13.5. The first-order valence-electron chi connectivity index (χ1n) is 10.9. The highest BCUT2D eigenvalue weighted by Gasteiger charge is 2.33. The standard InChI is InChI=1S/C26H28N2O3S/c29-26(28(25-14-8-3-9-15-25)20-22-10-4-1-5-11-22)24-16-18-27(19-17-24)32(30,31)21-23-12-6-2-7-13-23/h1-15,24H,16-21H2. The summed E-state index contributed by atoms with van der Waals surface area (Å²) in [7, 11) is -3.40. The van der Waals surface area contributed by atoms with E-state index < -0.39 is 10.0 Å². The van der Waals surface area contributed by atoms with Gasteiger partial charge in [-0.05, 0) is 36.1 Å². The van der Waals surface area contributed by atoms with Crippen LogP contribution in [-0.2, 0) is 27.1 Å². The van der Waals surface area contributed by atoms with Crippen molar-refractivity contribution in [3.63, 3.8) is 0 Å². The Bertz CT molecular complexity index is 1110. The second-order valence-electron chi connectivity index (χ2n) is 8.16. The zero-order valence-corrected chi connectivity index (χ0v) is 18.8. The smallest absolute Gasteiger partial charge is 0.230 e. The Kier molecular flexibility index (Phi) is 7.02. The first-order valence-corrected chi connectivity index (χ1v) is 12.6. The minimum atomic E-state index is -3.40. The van der Waals surface area contributed by atoms with Crippen LogP contribution >= 0.6 is 0 Å². The van der Waals surface area contributed by atoms with Crippen molar-refractivity contribution in [2.45, 2.75) is 25.1 Å². The molecule has 0 N–H and O–H groups in total. The predicted molar refractivity (Wildman–Crippen MR) is 127 cm³/mol. The number of anilines is 1. The van der Waals surface area contributed by atoms with E-state index >= 15 is 0 Å². The monoisotopic (exact) mass is 448 g/mol. The summed E-state index contributed by atoms with van der Waals surface area (Å²) in [4.78, 5) is 15.3.